The summed E-state index contributed by atoms with van der Waals surface area (Å²) in [6, 6.07) is 1.43. The Balaban J connectivity index is 3.73. The number of aromatic amines is 2. The van der Waals surface area contributed by atoms with Crippen LogP contribution in [0.15, 0.2) is 17.1 Å². The number of nitrogens with one attached hydrogen (secondary N) is 2. The van der Waals surface area contributed by atoms with Crippen LogP contribution < -0.4 is 5.56 Å². The average Bonchev–Trinajstić information content (AvgIpc) is 1.89. The second-order valence-electron chi connectivity index (χ2n) is 1.38. The molecule has 1 aromatic heterocycles. The molecule has 0 atom stereocenters. The Bertz CT molecular complexity index is 333. The van der Waals surface area contributed by atoms with Crippen LogP contribution in [-0.4, -0.2) is 14.4 Å². The van der Waals surface area contributed by atoms with E-state index < -0.39 is 0 Å². The second-order valence-corrected chi connectivity index (χ2v) is 1.99. The lowest BCUT2D eigenvalue weighted by atomic mass is 10.6. The molecule has 1 rings (SSSR count). The van der Waals surface area contributed by atoms with E-state index in [0.29, 0.717) is 0 Å². The van der Waals surface area contributed by atoms with Crippen LogP contribution in [0.4, 0.5) is 0 Å². The molecule has 5 heteroatoms. The van der Waals surface area contributed by atoms with Crippen molar-refractivity contribution < 1.29 is 4.21 Å². The van der Waals surface area contributed by atoms with E-state index in [1.54, 1.807) is 0 Å². The number of H-pyrrole nitrogens is 2. The maximum absolute atomic E-state index is 10.5. The van der Waals surface area contributed by atoms with Crippen molar-refractivity contribution in [2.24, 2.45) is 0 Å². The van der Waals surface area contributed by atoms with Crippen molar-refractivity contribution in [3.05, 3.63) is 27.1 Å². The summed E-state index contributed by atoms with van der Waals surface area (Å²) < 4.78 is 10.2. The number of rotatable bonds is 0. The van der Waals surface area contributed by atoms with Gasteiger partial charge < -0.3 is 5.10 Å². The van der Waals surface area contributed by atoms with Gasteiger partial charge in [-0.2, -0.15) is 0 Å². The molecular formula is C4H4N2O2S. The molecule has 0 bridgehead atoms. The van der Waals surface area contributed by atoms with Gasteiger partial charge in [-0.1, -0.05) is 0 Å². The van der Waals surface area contributed by atoms with Gasteiger partial charge in [0, 0.05) is 6.20 Å². The molecule has 9 heavy (non-hydrogen) atoms. The van der Waals surface area contributed by atoms with Gasteiger partial charge in [-0.15, -0.1) is 0 Å². The Morgan fingerprint density at radius 2 is 2.33 bits per heavy atom. The normalized spacial score (nSPS) is 8.89. The summed E-state index contributed by atoms with van der Waals surface area (Å²) in [5.74, 6) is 0. The van der Waals surface area contributed by atoms with Crippen LogP contribution in [0.3, 0.4) is 0 Å². The minimum atomic E-state index is -0.377. The van der Waals surface area contributed by atoms with Crippen molar-refractivity contribution in [3.63, 3.8) is 0 Å². The van der Waals surface area contributed by atoms with Gasteiger partial charge in [-0.05, 0) is 6.07 Å². The van der Waals surface area contributed by atoms with Crippen molar-refractivity contribution in [1.29, 1.82) is 0 Å². The predicted octanol–water partition coefficient (Wildman–Crippen LogP) is -0.552. The molecule has 48 valence electrons. The van der Waals surface area contributed by atoms with E-state index in [0.717, 1.165) is 0 Å². The van der Waals surface area contributed by atoms with Crippen molar-refractivity contribution >= 4 is 11.3 Å². The fraction of sp³-hybridized carbons (Fsp3) is 0. The highest BCUT2D eigenvalue weighted by atomic mass is 32.1. The van der Waals surface area contributed by atoms with Crippen LogP contribution >= 0.6 is 0 Å². The predicted molar refractivity (Wildman–Crippen MR) is 32.8 cm³/mol. The van der Waals surface area contributed by atoms with Gasteiger partial charge in [-0.25, -0.2) is 4.21 Å². The second kappa shape index (κ2) is 2.45. The lowest BCUT2D eigenvalue weighted by Gasteiger charge is -1.78. The first-order valence-corrected chi connectivity index (χ1v) is 2.98. The van der Waals surface area contributed by atoms with Crippen LogP contribution in [0.5, 0.6) is 0 Å². The Kier molecular flexibility index (Phi) is 1.64. The van der Waals surface area contributed by atoms with E-state index >= 15 is 0 Å². The molecule has 1 heterocycles. The van der Waals surface area contributed by atoms with E-state index in [-0.39, 0.29) is 21.3 Å². The first-order valence-electron chi connectivity index (χ1n) is 2.24. The fourth-order valence-corrected chi connectivity index (χ4v) is 0.678. The van der Waals surface area contributed by atoms with Crippen molar-refractivity contribution in [3.8, 4) is 0 Å². The van der Waals surface area contributed by atoms with Crippen molar-refractivity contribution in [2.45, 2.75) is 0 Å². The smallest absolute Gasteiger partial charge is 0.282 e. The molecule has 0 saturated carbocycles. The first-order chi connectivity index (χ1) is 4.34. The molecule has 0 spiro atoms. The highest BCUT2D eigenvalue weighted by molar-refractivity contribution is 7.56. The zero-order valence-electron chi connectivity index (χ0n) is 4.38. The Morgan fingerprint density at radius 1 is 1.56 bits per heavy atom. The molecule has 0 aliphatic heterocycles. The monoisotopic (exact) mass is 144 g/mol. The molecule has 0 fully saturated rings. The summed E-state index contributed by atoms with van der Waals surface area (Å²) in [7, 11) is 0. The standard InChI is InChI=1S/C4H4N2O2S/c7-4-3(9-8)1-2-5-6-4/h1-2,5H,(H,6,7). The third-order valence-corrected chi connectivity index (χ3v) is 1.32. The van der Waals surface area contributed by atoms with Gasteiger partial charge >= 0.3 is 0 Å². The summed E-state index contributed by atoms with van der Waals surface area (Å²) in [5, 5.41) is 4.70. The van der Waals surface area contributed by atoms with Gasteiger partial charge in [-0.3, -0.25) is 9.89 Å². The summed E-state index contributed by atoms with van der Waals surface area (Å²) in [6.45, 7) is 0. The molecule has 0 unspecified atom stereocenters. The van der Waals surface area contributed by atoms with Crippen LogP contribution in [-0.2, 0) is 11.3 Å². The molecule has 2 N–H and O–H groups in total. The largest absolute Gasteiger partial charge is 0.306 e. The van der Waals surface area contributed by atoms with Crippen LogP contribution in [0.25, 0.3) is 0 Å². The van der Waals surface area contributed by atoms with E-state index in [4.69, 9.17) is 0 Å². The average molecular weight is 144 g/mol. The van der Waals surface area contributed by atoms with Crippen LogP contribution in [0, 0.1) is 4.51 Å². The third kappa shape index (κ3) is 1.17. The van der Waals surface area contributed by atoms with E-state index in [2.05, 4.69) is 10.2 Å². The van der Waals surface area contributed by atoms with Crippen LogP contribution in [0.2, 0.25) is 0 Å². The molecule has 0 aromatic carbocycles. The lowest BCUT2D eigenvalue weighted by Crippen LogP contribution is -2.06. The highest BCUT2D eigenvalue weighted by Crippen LogP contribution is 1.67. The summed E-state index contributed by atoms with van der Waals surface area (Å²) >= 11 is 0.182. The Morgan fingerprint density at radius 3 is 2.78 bits per heavy atom. The van der Waals surface area contributed by atoms with E-state index in [1.165, 1.54) is 12.3 Å². The Labute approximate surface area is 53.6 Å². The molecule has 0 amide bonds. The minimum absolute atomic E-state index is 0.175. The maximum atomic E-state index is 10.5. The van der Waals surface area contributed by atoms with Gasteiger partial charge in [0.15, 0.2) is 0 Å². The molecule has 0 radical (unpaired) electrons. The molecule has 0 aliphatic carbocycles. The zero-order chi connectivity index (χ0) is 6.69. The number of aromatic nitrogens is 2. The fourth-order valence-electron chi connectivity index (χ4n) is 0.427. The zero-order valence-corrected chi connectivity index (χ0v) is 5.20. The molecule has 0 saturated heterocycles. The molecule has 4 nitrogen and oxygen atoms in total. The lowest BCUT2D eigenvalue weighted by molar-refractivity contribution is 0.699. The molecule has 0 aliphatic rings. The number of hydrogen-bond donors (Lipinski definition) is 2. The quantitative estimate of drug-likeness (QED) is 0.480. The summed E-state index contributed by atoms with van der Waals surface area (Å²) in [5.41, 5.74) is -0.377. The SMILES string of the molecule is O=S=c1cc[nH][nH]c1=O. The molecule has 1 aromatic rings. The Hall–Kier alpha value is -1.10. The third-order valence-electron chi connectivity index (χ3n) is 0.817. The summed E-state index contributed by atoms with van der Waals surface area (Å²) in [4.78, 5) is 10.5. The van der Waals surface area contributed by atoms with Crippen molar-refractivity contribution in [1.82, 2.24) is 10.2 Å². The van der Waals surface area contributed by atoms with E-state index in [9.17, 15) is 9.00 Å². The van der Waals surface area contributed by atoms with Crippen molar-refractivity contribution in [2.75, 3.05) is 0 Å². The number of hydrogen-bond acceptors (Lipinski definition) is 2. The van der Waals surface area contributed by atoms with E-state index in [1.807, 2.05) is 0 Å². The topological polar surface area (TPSA) is 65.7 Å². The summed E-state index contributed by atoms with van der Waals surface area (Å²) in [6.07, 6.45) is 1.49. The molecular weight excluding hydrogens is 140 g/mol. The maximum Gasteiger partial charge on any atom is 0.282 e. The van der Waals surface area contributed by atoms with Crippen LogP contribution in [0.1, 0.15) is 0 Å². The van der Waals surface area contributed by atoms with Gasteiger partial charge in [0.25, 0.3) is 5.56 Å². The minimum Gasteiger partial charge on any atom is -0.306 e. The van der Waals surface area contributed by atoms with Gasteiger partial charge in [0.2, 0.25) is 0 Å². The highest BCUT2D eigenvalue weighted by Gasteiger charge is 1.82. The van der Waals surface area contributed by atoms with Gasteiger partial charge in [0.1, 0.15) is 15.8 Å². The first kappa shape index (κ1) is 6.03. The van der Waals surface area contributed by atoms with Gasteiger partial charge in [0.05, 0.1) is 0 Å².